The Bertz CT molecular complexity index is 443. The lowest BCUT2D eigenvalue weighted by Gasteiger charge is -2.36. The Morgan fingerprint density at radius 2 is 2.14 bits per heavy atom. The first-order chi connectivity index (χ1) is 9.83. The van der Waals surface area contributed by atoms with E-state index in [2.05, 4.69) is 33.8 Å². The molecule has 1 heterocycles. The van der Waals surface area contributed by atoms with E-state index in [9.17, 15) is 8.42 Å². The number of rotatable bonds is 6. The molecule has 132 valence electrons. The summed E-state index contributed by atoms with van der Waals surface area (Å²) in [6.45, 7) is 10.1. The maximum absolute atomic E-state index is 11.0. The molecule has 0 radical (unpaired) electrons. The fraction of sp³-hybridized carbons (Fsp3) is 0.923. The lowest BCUT2D eigenvalue weighted by molar-refractivity contribution is 0.381. The Hall–Kier alpha value is 0.260. The number of hydrogen-bond donors (Lipinski definition) is 2. The fourth-order valence-corrected chi connectivity index (χ4v) is 3.85. The first-order valence-corrected chi connectivity index (χ1v) is 10.4. The molecule has 2 N–H and O–H groups in total. The molecule has 1 rings (SSSR count). The Labute approximate surface area is 156 Å². The van der Waals surface area contributed by atoms with Crippen LogP contribution in [0.25, 0.3) is 0 Å². The Balaban J connectivity index is 0.00000441. The van der Waals surface area contributed by atoms with E-state index in [0.29, 0.717) is 24.3 Å². The highest BCUT2D eigenvalue weighted by Gasteiger charge is 2.24. The van der Waals surface area contributed by atoms with Crippen molar-refractivity contribution in [3.05, 3.63) is 0 Å². The largest absolute Gasteiger partial charge is 0.357 e. The van der Waals surface area contributed by atoms with Crippen LogP contribution in [0.2, 0.25) is 0 Å². The molecule has 1 unspecified atom stereocenters. The summed E-state index contributed by atoms with van der Waals surface area (Å²) in [5, 5.41) is 3.92. The number of guanidine groups is 1. The Morgan fingerprint density at radius 3 is 2.68 bits per heavy atom. The molecular weight excluding hydrogens is 435 g/mol. The van der Waals surface area contributed by atoms with Crippen LogP contribution in [0.3, 0.4) is 0 Å². The van der Waals surface area contributed by atoms with Gasteiger partial charge in [-0.25, -0.2) is 13.1 Å². The standard InChI is InChI=1S/C13H28N4O2S2.HI/c1-5-14-13(15-6-7-16-21(4,18)19)17-8-9-20-12(10-17)11(2)3;/h11-12,16H,5-10H2,1-4H3,(H,14,15);1H. The molecule has 1 atom stereocenters. The summed E-state index contributed by atoms with van der Waals surface area (Å²) < 4.78 is 24.5. The van der Waals surface area contributed by atoms with Crippen molar-refractivity contribution < 1.29 is 8.42 Å². The van der Waals surface area contributed by atoms with Crippen LogP contribution < -0.4 is 10.0 Å². The quantitative estimate of drug-likeness (QED) is 0.268. The van der Waals surface area contributed by atoms with Crippen LogP contribution in [0.1, 0.15) is 20.8 Å². The van der Waals surface area contributed by atoms with Gasteiger partial charge in [0.2, 0.25) is 10.0 Å². The van der Waals surface area contributed by atoms with Gasteiger partial charge >= 0.3 is 0 Å². The van der Waals surface area contributed by atoms with E-state index < -0.39 is 10.0 Å². The van der Waals surface area contributed by atoms with Gasteiger partial charge in [-0.3, -0.25) is 4.99 Å². The zero-order chi connectivity index (χ0) is 15.9. The molecular formula is C13H29IN4O2S2. The Morgan fingerprint density at radius 1 is 1.45 bits per heavy atom. The van der Waals surface area contributed by atoms with E-state index in [0.717, 1.165) is 37.6 Å². The summed E-state index contributed by atoms with van der Waals surface area (Å²) in [5.74, 6) is 2.64. The average Bonchev–Trinajstić information content (AvgIpc) is 2.41. The molecule has 1 saturated heterocycles. The summed E-state index contributed by atoms with van der Waals surface area (Å²) in [7, 11) is -3.14. The zero-order valence-corrected chi connectivity index (χ0v) is 17.8. The first-order valence-electron chi connectivity index (χ1n) is 7.43. The minimum atomic E-state index is -3.14. The second-order valence-electron chi connectivity index (χ2n) is 5.50. The molecule has 0 bridgehead atoms. The number of sulfonamides is 1. The smallest absolute Gasteiger partial charge is 0.208 e. The number of thioether (sulfide) groups is 1. The van der Waals surface area contributed by atoms with Gasteiger partial charge in [0.05, 0.1) is 12.8 Å². The van der Waals surface area contributed by atoms with Crippen molar-refractivity contribution in [2.24, 2.45) is 10.9 Å². The lowest BCUT2D eigenvalue weighted by atomic mass is 10.1. The van der Waals surface area contributed by atoms with Crippen molar-refractivity contribution in [3.63, 3.8) is 0 Å². The highest BCUT2D eigenvalue weighted by Crippen LogP contribution is 2.24. The molecule has 1 fully saturated rings. The van der Waals surface area contributed by atoms with Crippen molar-refractivity contribution in [1.82, 2.24) is 14.9 Å². The Kier molecular flexibility index (Phi) is 11.1. The molecule has 0 aliphatic carbocycles. The number of nitrogens with one attached hydrogen (secondary N) is 2. The molecule has 0 aromatic heterocycles. The van der Waals surface area contributed by atoms with Crippen LogP contribution in [0.4, 0.5) is 0 Å². The zero-order valence-electron chi connectivity index (χ0n) is 13.8. The van der Waals surface area contributed by atoms with Crippen molar-refractivity contribution in [3.8, 4) is 0 Å². The number of hydrogen-bond acceptors (Lipinski definition) is 4. The van der Waals surface area contributed by atoms with E-state index in [1.54, 1.807) is 0 Å². The third-order valence-corrected chi connectivity index (χ3v) is 5.48. The normalized spacial score (nSPS) is 20.0. The van der Waals surface area contributed by atoms with Crippen LogP contribution in [-0.4, -0.2) is 69.3 Å². The van der Waals surface area contributed by atoms with Gasteiger partial charge in [-0.05, 0) is 12.8 Å². The molecule has 0 aromatic carbocycles. The molecule has 0 aromatic rings. The minimum absolute atomic E-state index is 0. The summed E-state index contributed by atoms with van der Waals surface area (Å²) in [4.78, 5) is 6.81. The van der Waals surface area contributed by atoms with Gasteiger partial charge < -0.3 is 10.2 Å². The van der Waals surface area contributed by atoms with Crippen LogP contribution in [0.15, 0.2) is 4.99 Å². The van der Waals surface area contributed by atoms with Crippen molar-refractivity contribution in [2.45, 2.75) is 26.0 Å². The van der Waals surface area contributed by atoms with Crippen LogP contribution in [0, 0.1) is 5.92 Å². The van der Waals surface area contributed by atoms with Crippen molar-refractivity contribution >= 4 is 51.7 Å². The topological polar surface area (TPSA) is 73.8 Å². The maximum atomic E-state index is 11.0. The maximum Gasteiger partial charge on any atom is 0.208 e. The number of nitrogens with zero attached hydrogens (tertiary/aromatic N) is 2. The van der Waals surface area contributed by atoms with Crippen LogP contribution >= 0.6 is 35.7 Å². The third kappa shape index (κ3) is 8.78. The van der Waals surface area contributed by atoms with Crippen molar-refractivity contribution in [2.75, 3.05) is 44.7 Å². The number of halogens is 1. The molecule has 9 heteroatoms. The van der Waals surface area contributed by atoms with Crippen LogP contribution in [0.5, 0.6) is 0 Å². The molecule has 6 nitrogen and oxygen atoms in total. The number of aliphatic imine (C=N–C) groups is 1. The van der Waals surface area contributed by atoms with Gasteiger partial charge in [-0.1, -0.05) is 13.8 Å². The molecule has 0 amide bonds. The summed E-state index contributed by atoms with van der Waals surface area (Å²) >= 11 is 2.03. The first kappa shape index (κ1) is 22.3. The minimum Gasteiger partial charge on any atom is -0.357 e. The van der Waals surface area contributed by atoms with Gasteiger partial charge in [0.1, 0.15) is 0 Å². The summed E-state index contributed by atoms with van der Waals surface area (Å²) in [5.41, 5.74) is 0. The van der Waals surface area contributed by atoms with E-state index in [4.69, 9.17) is 0 Å². The van der Waals surface area contributed by atoms with Gasteiger partial charge in [-0.15, -0.1) is 24.0 Å². The second kappa shape index (κ2) is 10.9. The molecule has 1 aliphatic heterocycles. The lowest BCUT2D eigenvalue weighted by Crippen LogP contribution is -2.49. The van der Waals surface area contributed by atoms with E-state index in [1.807, 2.05) is 18.7 Å². The molecule has 0 saturated carbocycles. The van der Waals surface area contributed by atoms with Gasteiger partial charge in [-0.2, -0.15) is 11.8 Å². The van der Waals surface area contributed by atoms with Gasteiger partial charge in [0.25, 0.3) is 0 Å². The monoisotopic (exact) mass is 464 g/mol. The highest BCUT2D eigenvalue weighted by molar-refractivity contribution is 14.0. The molecule has 1 aliphatic rings. The highest BCUT2D eigenvalue weighted by atomic mass is 127. The summed E-state index contributed by atoms with van der Waals surface area (Å²) in [6.07, 6.45) is 1.16. The molecule has 0 spiro atoms. The van der Waals surface area contributed by atoms with Gasteiger partial charge in [0.15, 0.2) is 5.96 Å². The van der Waals surface area contributed by atoms with Gasteiger partial charge in [0, 0.05) is 37.2 Å². The second-order valence-corrected chi connectivity index (χ2v) is 8.68. The SMILES string of the molecule is CCNC(=NCCNS(C)(=O)=O)N1CCSC(C(C)C)C1.I. The third-order valence-electron chi connectivity index (χ3n) is 3.21. The predicted octanol–water partition coefficient (Wildman–Crippen LogP) is 1.19. The average molecular weight is 464 g/mol. The van der Waals surface area contributed by atoms with E-state index >= 15 is 0 Å². The predicted molar refractivity (Wildman–Crippen MR) is 107 cm³/mol. The molecule has 22 heavy (non-hydrogen) atoms. The summed E-state index contributed by atoms with van der Waals surface area (Å²) in [6, 6.07) is 0. The van der Waals surface area contributed by atoms with Crippen LogP contribution in [-0.2, 0) is 10.0 Å². The van der Waals surface area contributed by atoms with E-state index in [1.165, 1.54) is 0 Å². The van der Waals surface area contributed by atoms with Crippen molar-refractivity contribution in [1.29, 1.82) is 0 Å². The van der Waals surface area contributed by atoms with E-state index in [-0.39, 0.29) is 24.0 Å². The fourth-order valence-electron chi connectivity index (χ4n) is 2.09.